The van der Waals surface area contributed by atoms with E-state index < -0.39 is 5.91 Å². The molecule has 0 unspecified atom stereocenters. The number of aromatic nitrogens is 2. The number of amides is 2. The number of primary amides is 1. The van der Waals surface area contributed by atoms with E-state index in [-0.39, 0.29) is 23.8 Å². The molecule has 1 atom stereocenters. The van der Waals surface area contributed by atoms with Crippen LogP contribution in [0.3, 0.4) is 0 Å². The van der Waals surface area contributed by atoms with E-state index >= 15 is 0 Å². The highest BCUT2D eigenvalue weighted by Gasteiger charge is 2.37. The summed E-state index contributed by atoms with van der Waals surface area (Å²) in [6.07, 6.45) is 7.66. The zero-order chi connectivity index (χ0) is 19.7. The number of nitrogen functional groups attached to an aromatic ring is 1. The van der Waals surface area contributed by atoms with Crippen molar-refractivity contribution in [3.05, 3.63) is 41.7 Å². The van der Waals surface area contributed by atoms with Crippen molar-refractivity contribution in [3.8, 4) is 11.1 Å². The second kappa shape index (κ2) is 7.58. The molecule has 28 heavy (non-hydrogen) atoms. The lowest BCUT2D eigenvalue weighted by Crippen LogP contribution is -2.35. The van der Waals surface area contributed by atoms with E-state index in [1.807, 2.05) is 11.0 Å². The number of anilines is 1. The van der Waals surface area contributed by atoms with Crippen molar-refractivity contribution in [2.45, 2.75) is 44.6 Å². The van der Waals surface area contributed by atoms with E-state index in [1.54, 1.807) is 24.4 Å². The van der Waals surface area contributed by atoms with Gasteiger partial charge in [-0.25, -0.2) is 9.97 Å². The van der Waals surface area contributed by atoms with E-state index in [2.05, 4.69) is 9.97 Å². The molecule has 2 heterocycles. The molecule has 4 rings (SSSR count). The quantitative estimate of drug-likeness (QED) is 0.847. The van der Waals surface area contributed by atoms with Gasteiger partial charge in [0.1, 0.15) is 0 Å². The van der Waals surface area contributed by atoms with E-state index in [9.17, 15) is 9.59 Å². The van der Waals surface area contributed by atoms with Gasteiger partial charge in [0.2, 0.25) is 17.8 Å². The first kappa shape index (κ1) is 18.4. The minimum atomic E-state index is -0.487. The van der Waals surface area contributed by atoms with Crippen molar-refractivity contribution in [2.75, 3.05) is 12.3 Å². The molecule has 2 amide bonds. The van der Waals surface area contributed by atoms with Crippen molar-refractivity contribution < 1.29 is 9.59 Å². The Kier molecular flexibility index (Phi) is 4.98. The maximum absolute atomic E-state index is 13.1. The first-order valence-electron chi connectivity index (χ1n) is 9.87. The lowest BCUT2D eigenvalue weighted by molar-refractivity contribution is -0.136. The van der Waals surface area contributed by atoms with Gasteiger partial charge < -0.3 is 16.4 Å². The summed E-state index contributed by atoms with van der Waals surface area (Å²) in [5, 5.41) is 0. The number of likely N-dealkylation sites (tertiary alicyclic amines) is 1. The number of carbonyl (C=O) groups is 2. The highest BCUT2D eigenvalue weighted by molar-refractivity contribution is 5.94. The van der Waals surface area contributed by atoms with Crippen LogP contribution in [-0.4, -0.2) is 33.2 Å². The first-order valence-corrected chi connectivity index (χ1v) is 9.87. The summed E-state index contributed by atoms with van der Waals surface area (Å²) in [6, 6.07) is 6.97. The zero-order valence-corrected chi connectivity index (χ0v) is 15.8. The van der Waals surface area contributed by atoms with Crippen LogP contribution < -0.4 is 11.5 Å². The maximum atomic E-state index is 13.1. The van der Waals surface area contributed by atoms with Crippen LogP contribution >= 0.6 is 0 Å². The smallest absolute Gasteiger partial charge is 0.248 e. The molecule has 7 heteroatoms. The van der Waals surface area contributed by atoms with Gasteiger partial charge in [-0.3, -0.25) is 9.59 Å². The fourth-order valence-electron chi connectivity index (χ4n) is 4.45. The molecule has 2 aromatic rings. The van der Waals surface area contributed by atoms with Crippen molar-refractivity contribution >= 4 is 17.8 Å². The Hall–Kier alpha value is -2.96. The Morgan fingerprint density at radius 3 is 2.64 bits per heavy atom. The van der Waals surface area contributed by atoms with Crippen LogP contribution in [0.25, 0.3) is 11.1 Å². The van der Waals surface area contributed by atoms with Crippen LogP contribution in [-0.2, 0) is 4.79 Å². The van der Waals surface area contributed by atoms with Gasteiger partial charge in [0.05, 0.1) is 11.7 Å². The number of rotatable bonds is 4. The number of nitrogens with two attached hydrogens (primary N) is 2. The summed E-state index contributed by atoms with van der Waals surface area (Å²) in [5.41, 5.74) is 14.1. The van der Waals surface area contributed by atoms with Crippen LogP contribution in [0.15, 0.2) is 30.5 Å². The second-order valence-electron chi connectivity index (χ2n) is 7.64. The molecule has 146 valence electrons. The monoisotopic (exact) mass is 379 g/mol. The Bertz CT molecular complexity index is 907. The topological polar surface area (TPSA) is 115 Å². The minimum Gasteiger partial charge on any atom is -0.368 e. The molecule has 2 aliphatic rings. The van der Waals surface area contributed by atoms with Crippen molar-refractivity contribution in [3.63, 3.8) is 0 Å². The first-order chi connectivity index (χ1) is 13.5. The third-order valence-corrected chi connectivity index (χ3v) is 5.85. The molecule has 1 aromatic heterocycles. The Morgan fingerprint density at radius 1 is 1.11 bits per heavy atom. The van der Waals surface area contributed by atoms with Gasteiger partial charge in [-0.2, -0.15) is 0 Å². The summed E-state index contributed by atoms with van der Waals surface area (Å²) in [7, 11) is 0. The van der Waals surface area contributed by atoms with Gasteiger partial charge in [0.15, 0.2) is 0 Å². The van der Waals surface area contributed by atoms with Crippen LogP contribution in [0, 0.1) is 5.92 Å². The fourth-order valence-corrected chi connectivity index (χ4v) is 4.45. The number of nitrogens with zero attached hydrogens (tertiary/aromatic N) is 3. The maximum Gasteiger partial charge on any atom is 0.248 e. The van der Waals surface area contributed by atoms with Crippen LogP contribution in [0.1, 0.15) is 60.6 Å². The molecular formula is C21H25N5O2. The number of hydrogen-bond acceptors (Lipinski definition) is 5. The van der Waals surface area contributed by atoms with E-state index in [1.165, 1.54) is 0 Å². The molecular weight excluding hydrogens is 354 g/mol. The molecule has 1 aliphatic carbocycles. The standard InChI is InChI=1S/C21H25N5O2/c22-19(27)15-8-3-7-14(11-15)16-12-24-21(23)25-18(16)17-9-4-10-26(17)20(28)13-5-1-2-6-13/h3,7-8,11-13,17H,1-2,4-6,9-10H2,(H2,22,27)(H2,23,24,25)/t17-/m1/s1. The number of benzene rings is 1. The molecule has 7 nitrogen and oxygen atoms in total. The van der Waals surface area contributed by atoms with Crippen LogP contribution in [0.4, 0.5) is 5.95 Å². The normalized spacial score (nSPS) is 19.9. The molecule has 1 saturated heterocycles. The third kappa shape index (κ3) is 3.44. The third-order valence-electron chi connectivity index (χ3n) is 5.85. The highest BCUT2D eigenvalue weighted by atomic mass is 16.2. The predicted octanol–water partition coefficient (Wildman–Crippen LogP) is 2.68. The largest absolute Gasteiger partial charge is 0.368 e. The number of hydrogen-bond donors (Lipinski definition) is 2. The summed E-state index contributed by atoms with van der Waals surface area (Å²) in [6.45, 7) is 0.741. The molecule has 1 aromatic carbocycles. The Balaban J connectivity index is 1.73. The molecule has 0 spiro atoms. The average molecular weight is 379 g/mol. The fraction of sp³-hybridized carbons (Fsp3) is 0.429. The summed E-state index contributed by atoms with van der Waals surface area (Å²) in [5.74, 6) is 0.0547. The zero-order valence-electron chi connectivity index (χ0n) is 15.8. The Morgan fingerprint density at radius 2 is 1.89 bits per heavy atom. The van der Waals surface area contributed by atoms with Crippen LogP contribution in [0.5, 0.6) is 0 Å². The molecule has 2 fully saturated rings. The lowest BCUT2D eigenvalue weighted by atomic mass is 9.97. The van der Waals surface area contributed by atoms with Gasteiger partial charge in [0.25, 0.3) is 0 Å². The predicted molar refractivity (Wildman–Crippen MR) is 106 cm³/mol. The second-order valence-corrected chi connectivity index (χ2v) is 7.64. The van der Waals surface area contributed by atoms with Gasteiger partial charge in [-0.05, 0) is 43.4 Å². The summed E-state index contributed by atoms with van der Waals surface area (Å²) < 4.78 is 0. The van der Waals surface area contributed by atoms with E-state index in [0.29, 0.717) is 5.56 Å². The molecule has 0 bridgehead atoms. The Labute approximate surface area is 164 Å². The SMILES string of the molecule is NC(=O)c1cccc(-c2cnc(N)nc2[C@H]2CCCN2C(=O)C2CCCC2)c1. The van der Waals surface area contributed by atoms with E-state index in [4.69, 9.17) is 11.5 Å². The van der Waals surface area contributed by atoms with E-state index in [0.717, 1.165) is 61.9 Å². The summed E-state index contributed by atoms with van der Waals surface area (Å²) in [4.78, 5) is 35.3. The van der Waals surface area contributed by atoms with Crippen molar-refractivity contribution in [2.24, 2.45) is 11.7 Å². The lowest BCUT2D eigenvalue weighted by Gasteiger charge is -2.28. The number of carbonyl (C=O) groups excluding carboxylic acids is 2. The van der Waals surface area contributed by atoms with Gasteiger partial charge in [-0.1, -0.05) is 25.0 Å². The van der Waals surface area contributed by atoms with Gasteiger partial charge >= 0.3 is 0 Å². The minimum absolute atomic E-state index is 0.120. The van der Waals surface area contributed by atoms with Crippen LogP contribution in [0.2, 0.25) is 0 Å². The molecule has 0 radical (unpaired) electrons. The molecule has 1 aliphatic heterocycles. The molecule has 4 N–H and O–H groups in total. The van der Waals surface area contributed by atoms with Crippen molar-refractivity contribution in [1.82, 2.24) is 14.9 Å². The summed E-state index contributed by atoms with van der Waals surface area (Å²) >= 11 is 0. The highest BCUT2D eigenvalue weighted by Crippen LogP contribution is 2.39. The van der Waals surface area contributed by atoms with Crippen molar-refractivity contribution in [1.29, 1.82) is 0 Å². The average Bonchev–Trinajstić information content (AvgIpc) is 3.39. The molecule has 1 saturated carbocycles. The van der Waals surface area contributed by atoms with Gasteiger partial charge in [0, 0.05) is 29.8 Å². The van der Waals surface area contributed by atoms with Gasteiger partial charge in [-0.15, -0.1) is 0 Å².